The van der Waals surface area contributed by atoms with Gasteiger partial charge in [0.05, 0.1) is 27.6 Å². The molecule has 2 aromatic carbocycles. The summed E-state index contributed by atoms with van der Waals surface area (Å²) < 4.78 is 0. The van der Waals surface area contributed by atoms with E-state index in [2.05, 4.69) is 42.0 Å². The minimum Gasteiger partial charge on any atom is -0.873 e. The van der Waals surface area contributed by atoms with Crippen LogP contribution in [0.25, 0.3) is 0 Å². The van der Waals surface area contributed by atoms with Gasteiger partial charge in [0.25, 0.3) is 0 Å². The Hall–Kier alpha value is -2.14. The molecule has 0 radical (unpaired) electrons. The molecule has 0 saturated carbocycles. The van der Waals surface area contributed by atoms with Gasteiger partial charge in [-0.3, -0.25) is 15.0 Å². The Kier molecular flexibility index (Phi) is 12.3. The van der Waals surface area contributed by atoms with Crippen LogP contribution < -0.4 is 10.2 Å². The van der Waals surface area contributed by atoms with Crippen LogP contribution >= 0.6 is 23.2 Å². The van der Waals surface area contributed by atoms with Crippen LogP contribution in [0.2, 0.25) is 10.0 Å². The zero-order chi connectivity index (χ0) is 28.1. The van der Waals surface area contributed by atoms with Crippen LogP contribution in [0.4, 0.5) is 5.69 Å². The summed E-state index contributed by atoms with van der Waals surface area (Å²) in [5.74, 6) is -1.08. The van der Waals surface area contributed by atoms with E-state index in [9.17, 15) is 10.2 Å². The van der Waals surface area contributed by atoms with Gasteiger partial charge in [0, 0.05) is 12.4 Å². The molecule has 1 aromatic heterocycles. The number of aryl methyl sites for hydroxylation is 2. The molecule has 0 atom stereocenters. The van der Waals surface area contributed by atoms with Gasteiger partial charge in [0.15, 0.2) is 0 Å². The van der Waals surface area contributed by atoms with Crippen LogP contribution in [0.5, 0.6) is 11.5 Å². The van der Waals surface area contributed by atoms with E-state index in [1.807, 2.05) is 48.5 Å². The molecular formula is C30H37Cl2N3NiO2. The second-order valence-electron chi connectivity index (χ2n) is 11.0. The van der Waals surface area contributed by atoms with Crippen molar-refractivity contribution in [2.75, 3.05) is 0 Å². The Morgan fingerprint density at radius 1 is 0.842 bits per heavy atom. The van der Waals surface area contributed by atoms with Crippen molar-refractivity contribution < 1.29 is 26.7 Å². The summed E-state index contributed by atoms with van der Waals surface area (Å²) in [7, 11) is 0. The summed E-state index contributed by atoms with van der Waals surface area (Å²) in [5.41, 5.74) is 4.97. The van der Waals surface area contributed by atoms with E-state index in [4.69, 9.17) is 28.2 Å². The fraction of sp³-hybridized carbons (Fsp3) is 0.433. The topological polar surface area (TPSA) is 84.3 Å². The van der Waals surface area contributed by atoms with Crippen molar-refractivity contribution in [2.45, 2.75) is 86.0 Å². The molecule has 0 bridgehead atoms. The summed E-state index contributed by atoms with van der Waals surface area (Å²) in [6.45, 7) is 17.3. The van der Waals surface area contributed by atoms with Crippen LogP contribution in [0.15, 0.2) is 41.8 Å². The standard InChI is InChI=1S/C16H19N3.C14H20Cl2O2.Ni/c1-4-13-7-6-8-14(5-2)16(13)19-12(3)15-11-17-9-10-18-15;1-13(2,3)7-9(15)10(16)8(14(4,5)6)12(18)11(7)17;/h6-11H,4-5H2,1-3H3;17-18H,1-6H3;/q;;+2/p-2. The molecule has 0 unspecified atom stereocenters. The Bertz CT molecular complexity index is 1170. The van der Waals surface area contributed by atoms with Crippen LogP contribution in [-0.4, -0.2) is 15.7 Å². The molecule has 3 aromatic rings. The largest absolute Gasteiger partial charge is 2.00 e. The molecule has 0 aliphatic carbocycles. The maximum atomic E-state index is 12.2. The predicted molar refractivity (Wildman–Crippen MR) is 152 cm³/mol. The van der Waals surface area contributed by atoms with Crippen LogP contribution in [-0.2, 0) is 40.2 Å². The van der Waals surface area contributed by atoms with Crippen molar-refractivity contribution in [1.82, 2.24) is 9.97 Å². The van der Waals surface area contributed by atoms with Gasteiger partial charge in [-0.2, -0.15) is 0 Å². The first-order valence-corrected chi connectivity index (χ1v) is 13.2. The van der Waals surface area contributed by atoms with E-state index in [0.29, 0.717) is 11.1 Å². The molecule has 0 N–H and O–H groups in total. The number of aliphatic imine (C=N–C) groups is 1. The fourth-order valence-electron chi connectivity index (χ4n) is 4.06. The Morgan fingerprint density at radius 2 is 1.29 bits per heavy atom. The van der Waals surface area contributed by atoms with Gasteiger partial charge in [-0.1, -0.05) is 96.8 Å². The Morgan fingerprint density at radius 3 is 1.63 bits per heavy atom. The number of benzene rings is 2. The summed E-state index contributed by atoms with van der Waals surface area (Å²) >= 11 is 12.4. The number of hydrogen-bond acceptors (Lipinski definition) is 5. The number of halogens is 2. The average molecular weight is 601 g/mol. The summed E-state index contributed by atoms with van der Waals surface area (Å²) in [6, 6.07) is 6.39. The third-order valence-corrected chi connectivity index (χ3v) is 6.82. The third kappa shape index (κ3) is 7.94. The van der Waals surface area contributed by atoms with Gasteiger partial charge in [-0.15, -0.1) is 11.5 Å². The van der Waals surface area contributed by atoms with E-state index in [1.54, 1.807) is 18.6 Å². The monoisotopic (exact) mass is 599 g/mol. The molecule has 1 heterocycles. The average Bonchev–Trinajstić information content (AvgIpc) is 2.82. The second kappa shape index (κ2) is 13.8. The van der Waals surface area contributed by atoms with Gasteiger partial charge in [-0.05, 0) is 52.8 Å². The summed E-state index contributed by atoms with van der Waals surface area (Å²) in [5, 5.41) is 24.8. The molecule has 8 heteroatoms. The van der Waals surface area contributed by atoms with Crippen molar-refractivity contribution in [3.8, 4) is 11.5 Å². The molecule has 3 rings (SSSR count). The minimum absolute atomic E-state index is 0. The molecule has 0 saturated heterocycles. The van der Waals surface area contributed by atoms with Gasteiger partial charge in [0.1, 0.15) is 5.69 Å². The van der Waals surface area contributed by atoms with Crippen LogP contribution in [0, 0.1) is 0 Å². The van der Waals surface area contributed by atoms with Gasteiger partial charge < -0.3 is 10.2 Å². The van der Waals surface area contributed by atoms with Crippen molar-refractivity contribution >= 4 is 34.6 Å². The number of para-hydroxylation sites is 1. The molecule has 0 spiro atoms. The van der Waals surface area contributed by atoms with Gasteiger partial charge in [-0.25, -0.2) is 0 Å². The SMILES string of the molecule is CC(C)(C)c1c([O-])c([O-])c(C(C)(C)C)c(Cl)c1Cl.CCc1cccc(CC)c1N=C(C)c1cnccn1.[Ni+2]. The van der Waals surface area contributed by atoms with E-state index in [-0.39, 0.29) is 26.5 Å². The third-order valence-electron chi connectivity index (χ3n) is 5.97. The van der Waals surface area contributed by atoms with E-state index in [1.165, 1.54) is 11.1 Å². The molecule has 0 fully saturated rings. The molecule has 208 valence electrons. The van der Waals surface area contributed by atoms with E-state index < -0.39 is 22.3 Å². The normalized spacial score (nSPS) is 11.9. The van der Waals surface area contributed by atoms with Crippen molar-refractivity contribution in [3.05, 3.63) is 74.8 Å². The van der Waals surface area contributed by atoms with Crippen LogP contribution in [0.1, 0.15) is 90.3 Å². The smallest absolute Gasteiger partial charge is 0.873 e. The molecule has 5 nitrogen and oxygen atoms in total. The number of hydrogen-bond donors (Lipinski definition) is 0. The second-order valence-corrected chi connectivity index (χ2v) is 11.7. The number of aromatic nitrogens is 2. The quantitative estimate of drug-likeness (QED) is 0.230. The molecule has 0 amide bonds. The first kappa shape index (κ1) is 33.9. The van der Waals surface area contributed by atoms with Crippen LogP contribution in [0.3, 0.4) is 0 Å². The predicted octanol–water partition coefficient (Wildman–Crippen LogP) is 7.48. The van der Waals surface area contributed by atoms with Crippen molar-refractivity contribution in [3.63, 3.8) is 0 Å². The molecule has 0 aliphatic heterocycles. The number of nitrogens with zero attached hydrogens (tertiary/aromatic N) is 3. The maximum absolute atomic E-state index is 12.2. The molecule has 38 heavy (non-hydrogen) atoms. The minimum atomic E-state index is -0.540. The molecular weight excluding hydrogens is 564 g/mol. The van der Waals surface area contributed by atoms with Crippen molar-refractivity contribution in [1.29, 1.82) is 0 Å². The van der Waals surface area contributed by atoms with Crippen molar-refractivity contribution in [2.24, 2.45) is 4.99 Å². The number of rotatable bonds is 4. The first-order valence-electron chi connectivity index (χ1n) is 12.5. The maximum Gasteiger partial charge on any atom is 2.00 e. The fourth-order valence-corrected chi connectivity index (χ4v) is 4.98. The van der Waals surface area contributed by atoms with Gasteiger partial charge in [0.2, 0.25) is 0 Å². The van der Waals surface area contributed by atoms with Gasteiger partial charge >= 0.3 is 16.5 Å². The summed E-state index contributed by atoms with van der Waals surface area (Å²) in [4.78, 5) is 13.2. The Labute approximate surface area is 247 Å². The molecule has 0 aliphatic rings. The zero-order valence-electron chi connectivity index (χ0n) is 23.6. The Balaban J connectivity index is 0.000000371. The van der Waals surface area contributed by atoms with E-state index in [0.717, 1.165) is 29.9 Å². The first-order chi connectivity index (χ1) is 17.1. The summed E-state index contributed by atoms with van der Waals surface area (Å²) in [6.07, 6.45) is 7.09. The van der Waals surface area contributed by atoms with E-state index >= 15 is 0 Å². The zero-order valence-corrected chi connectivity index (χ0v) is 26.1.